The molecule has 1 atom stereocenters. The van der Waals surface area contributed by atoms with E-state index in [4.69, 9.17) is 0 Å². The summed E-state index contributed by atoms with van der Waals surface area (Å²) in [4.78, 5) is 25.3. The molecule has 0 aliphatic carbocycles. The van der Waals surface area contributed by atoms with E-state index in [9.17, 15) is 9.59 Å². The highest BCUT2D eigenvalue weighted by Gasteiger charge is 2.25. The van der Waals surface area contributed by atoms with Crippen molar-refractivity contribution in [3.63, 3.8) is 0 Å². The van der Waals surface area contributed by atoms with Crippen molar-refractivity contribution >= 4 is 17.6 Å². The van der Waals surface area contributed by atoms with Crippen LogP contribution in [0.25, 0.3) is 0 Å². The van der Waals surface area contributed by atoms with Gasteiger partial charge in [-0.25, -0.2) is 4.68 Å². The summed E-state index contributed by atoms with van der Waals surface area (Å²) in [5.41, 5.74) is 2.00. The second-order valence-electron chi connectivity index (χ2n) is 7.30. The van der Waals surface area contributed by atoms with E-state index in [1.54, 1.807) is 16.9 Å². The highest BCUT2D eigenvalue weighted by molar-refractivity contribution is 5.97. The van der Waals surface area contributed by atoms with Gasteiger partial charge in [0.1, 0.15) is 11.9 Å². The van der Waals surface area contributed by atoms with Crippen LogP contribution in [0.15, 0.2) is 72.9 Å². The van der Waals surface area contributed by atoms with Gasteiger partial charge in [0.2, 0.25) is 11.8 Å². The number of nitrogens with zero attached hydrogens (tertiary/aromatic N) is 2. The van der Waals surface area contributed by atoms with E-state index in [0.717, 1.165) is 11.1 Å². The van der Waals surface area contributed by atoms with Crippen molar-refractivity contribution in [2.75, 3.05) is 5.32 Å². The van der Waals surface area contributed by atoms with Crippen LogP contribution >= 0.6 is 0 Å². The molecule has 1 heterocycles. The van der Waals surface area contributed by atoms with Gasteiger partial charge in [0.15, 0.2) is 0 Å². The van der Waals surface area contributed by atoms with Gasteiger partial charge in [0.05, 0.1) is 19.2 Å². The van der Waals surface area contributed by atoms with Crippen molar-refractivity contribution in [3.8, 4) is 0 Å². The predicted molar refractivity (Wildman–Crippen MR) is 113 cm³/mol. The average molecular weight is 390 g/mol. The SMILES string of the molecule is CC(C)[C@@H](NC(=O)Cc1ccccc1)C(=O)Nc1ccnn1Cc1ccccc1. The zero-order valence-electron chi connectivity index (χ0n) is 16.7. The molecule has 150 valence electrons. The number of carbonyl (C=O) groups excluding carboxylic acids is 2. The second-order valence-corrected chi connectivity index (χ2v) is 7.30. The van der Waals surface area contributed by atoms with Crippen LogP contribution in [0.2, 0.25) is 0 Å². The molecular formula is C23H26N4O2. The summed E-state index contributed by atoms with van der Waals surface area (Å²) >= 11 is 0. The summed E-state index contributed by atoms with van der Waals surface area (Å²) in [6.45, 7) is 4.37. The van der Waals surface area contributed by atoms with Gasteiger partial charge in [-0.3, -0.25) is 9.59 Å². The Morgan fingerprint density at radius 3 is 2.17 bits per heavy atom. The maximum atomic E-state index is 12.9. The number of hydrogen-bond acceptors (Lipinski definition) is 3. The molecule has 6 nitrogen and oxygen atoms in total. The van der Waals surface area contributed by atoms with E-state index >= 15 is 0 Å². The monoisotopic (exact) mass is 390 g/mol. The Kier molecular flexibility index (Phi) is 6.79. The van der Waals surface area contributed by atoms with Crippen LogP contribution in [0.3, 0.4) is 0 Å². The molecule has 29 heavy (non-hydrogen) atoms. The molecule has 0 saturated heterocycles. The number of rotatable bonds is 8. The first kappa shape index (κ1) is 20.3. The number of hydrogen-bond donors (Lipinski definition) is 2. The van der Waals surface area contributed by atoms with Gasteiger partial charge < -0.3 is 10.6 Å². The first-order valence-corrected chi connectivity index (χ1v) is 9.73. The summed E-state index contributed by atoms with van der Waals surface area (Å²) in [6.07, 6.45) is 1.89. The molecule has 6 heteroatoms. The number of amides is 2. The minimum atomic E-state index is -0.633. The van der Waals surface area contributed by atoms with Crippen LogP contribution in [-0.2, 0) is 22.6 Å². The number of aromatic nitrogens is 2. The van der Waals surface area contributed by atoms with Gasteiger partial charge in [-0.1, -0.05) is 74.5 Å². The molecule has 2 amide bonds. The highest BCUT2D eigenvalue weighted by Crippen LogP contribution is 2.12. The van der Waals surface area contributed by atoms with Crippen molar-refractivity contribution in [3.05, 3.63) is 84.1 Å². The molecule has 0 bridgehead atoms. The Morgan fingerprint density at radius 2 is 1.55 bits per heavy atom. The van der Waals surface area contributed by atoms with Crippen LogP contribution in [0, 0.1) is 5.92 Å². The Bertz CT molecular complexity index is 936. The smallest absolute Gasteiger partial charge is 0.248 e. The van der Waals surface area contributed by atoms with Crippen LogP contribution in [0.4, 0.5) is 5.82 Å². The molecule has 0 saturated carbocycles. The molecule has 3 rings (SSSR count). The molecule has 1 aromatic heterocycles. The molecule has 2 aromatic carbocycles. The van der Waals surface area contributed by atoms with Crippen LogP contribution in [-0.4, -0.2) is 27.6 Å². The lowest BCUT2D eigenvalue weighted by molar-refractivity contribution is -0.127. The van der Waals surface area contributed by atoms with Crippen LogP contribution in [0.1, 0.15) is 25.0 Å². The summed E-state index contributed by atoms with van der Waals surface area (Å²) in [5.74, 6) is 0.112. The average Bonchev–Trinajstić information content (AvgIpc) is 3.14. The van der Waals surface area contributed by atoms with Gasteiger partial charge >= 0.3 is 0 Å². The third-order valence-corrected chi connectivity index (χ3v) is 4.62. The third kappa shape index (κ3) is 5.78. The van der Waals surface area contributed by atoms with Gasteiger partial charge in [-0.05, 0) is 17.0 Å². The zero-order chi connectivity index (χ0) is 20.6. The minimum Gasteiger partial charge on any atom is -0.344 e. The van der Waals surface area contributed by atoms with Crippen molar-refractivity contribution in [1.29, 1.82) is 0 Å². The lowest BCUT2D eigenvalue weighted by Gasteiger charge is -2.22. The maximum Gasteiger partial charge on any atom is 0.248 e. The topological polar surface area (TPSA) is 76.0 Å². The molecule has 0 fully saturated rings. The Balaban J connectivity index is 1.64. The van der Waals surface area contributed by atoms with Crippen LogP contribution in [0.5, 0.6) is 0 Å². The molecule has 3 aromatic rings. The fourth-order valence-corrected chi connectivity index (χ4v) is 3.07. The third-order valence-electron chi connectivity index (χ3n) is 4.62. The summed E-state index contributed by atoms with van der Waals surface area (Å²) < 4.78 is 1.73. The molecule has 0 aliphatic heterocycles. The summed E-state index contributed by atoms with van der Waals surface area (Å²) in [5, 5.41) is 10.1. The number of carbonyl (C=O) groups is 2. The molecule has 2 N–H and O–H groups in total. The maximum absolute atomic E-state index is 12.9. The Labute approximate surface area is 170 Å². The minimum absolute atomic E-state index is 0.0554. The molecule has 0 aliphatic rings. The van der Waals surface area contributed by atoms with Crippen LogP contribution < -0.4 is 10.6 Å². The first-order valence-electron chi connectivity index (χ1n) is 9.73. The largest absolute Gasteiger partial charge is 0.344 e. The molecule has 0 radical (unpaired) electrons. The van der Waals surface area contributed by atoms with E-state index in [1.807, 2.05) is 74.5 Å². The fourth-order valence-electron chi connectivity index (χ4n) is 3.07. The summed E-state index contributed by atoms with van der Waals surface area (Å²) in [7, 11) is 0. The lowest BCUT2D eigenvalue weighted by atomic mass is 10.0. The zero-order valence-corrected chi connectivity index (χ0v) is 16.7. The number of nitrogens with one attached hydrogen (secondary N) is 2. The van der Waals surface area contributed by atoms with E-state index < -0.39 is 6.04 Å². The molecule has 0 unspecified atom stereocenters. The van der Waals surface area contributed by atoms with Crippen molar-refractivity contribution in [2.45, 2.75) is 32.9 Å². The van der Waals surface area contributed by atoms with E-state index in [0.29, 0.717) is 12.4 Å². The molecule has 0 spiro atoms. The van der Waals surface area contributed by atoms with Crippen molar-refractivity contribution < 1.29 is 9.59 Å². The van der Waals surface area contributed by atoms with E-state index in [-0.39, 0.29) is 24.2 Å². The first-order chi connectivity index (χ1) is 14.0. The number of benzene rings is 2. The number of anilines is 1. The second kappa shape index (κ2) is 9.68. The Hall–Kier alpha value is -3.41. The fraction of sp³-hybridized carbons (Fsp3) is 0.261. The van der Waals surface area contributed by atoms with Crippen molar-refractivity contribution in [2.24, 2.45) is 5.92 Å². The standard InChI is InChI=1S/C23H26N4O2/c1-17(2)22(26-21(28)15-18-9-5-3-6-10-18)23(29)25-20-13-14-24-27(20)16-19-11-7-4-8-12-19/h3-14,17,22H,15-16H2,1-2H3,(H,25,29)(H,26,28)/t22-/m1/s1. The van der Waals surface area contributed by atoms with E-state index in [1.165, 1.54) is 0 Å². The van der Waals surface area contributed by atoms with Gasteiger partial charge in [-0.15, -0.1) is 0 Å². The highest BCUT2D eigenvalue weighted by atomic mass is 16.2. The van der Waals surface area contributed by atoms with Gasteiger partial charge in [0, 0.05) is 6.07 Å². The Morgan fingerprint density at radius 1 is 0.931 bits per heavy atom. The van der Waals surface area contributed by atoms with Gasteiger partial charge in [-0.2, -0.15) is 5.10 Å². The normalized spacial score (nSPS) is 11.8. The predicted octanol–water partition coefficient (Wildman–Crippen LogP) is 3.25. The van der Waals surface area contributed by atoms with E-state index in [2.05, 4.69) is 15.7 Å². The lowest BCUT2D eigenvalue weighted by Crippen LogP contribution is -2.47. The summed E-state index contributed by atoms with van der Waals surface area (Å²) in [6, 6.07) is 20.5. The van der Waals surface area contributed by atoms with Gasteiger partial charge in [0.25, 0.3) is 0 Å². The quantitative estimate of drug-likeness (QED) is 0.620. The van der Waals surface area contributed by atoms with Crippen molar-refractivity contribution in [1.82, 2.24) is 15.1 Å². The molecular weight excluding hydrogens is 364 g/mol.